The van der Waals surface area contributed by atoms with Crippen LogP contribution in [0.4, 0.5) is 5.82 Å². The Morgan fingerprint density at radius 2 is 2.00 bits per heavy atom. The molecule has 0 saturated carbocycles. The quantitative estimate of drug-likeness (QED) is 0.757. The van der Waals surface area contributed by atoms with Crippen LogP contribution < -0.4 is 14.8 Å². The van der Waals surface area contributed by atoms with Crippen LogP contribution >= 0.6 is 0 Å². The summed E-state index contributed by atoms with van der Waals surface area (Å²) in [5.41, 5.74) is 2.64. The van der Waals surface area contributed by atoms with Gasteiger partial charge in [0, 0.05) is 24.4 Å². The summed E-state index contributed by atoms with van der Waals surface area (Å²) in [4.78, 5) is 4.48. The minimum Gasteiger partial charge on any atom is -0.497 e. The Kier molecular flexibility index (Phi) is 4.32. The van der Waals surface area contributed by atoms with Crippen LogP contribution in [0.2, 0.25) is 0 Å². The van der Waals surface area contributed by atoms with Crippen molar-refractivity contribution in [2.75, 3.05) is 26.1 Å². The summed E-state index contributed by atoms with van der Waals surface area (Å²) >= 11 is 0. The number of nitrogens with zero attached hydrogens (tertiary/aromatic N) is 3. The smallest absolute Gasteiger partial charge is 0.165 e. The molecule has 1 N–H and O–H groups in total. The zero-order valence-corrected chi connectivity index (χ0v) is 13.5. The molecule has 1 aromatic carbocycles. The Morgan fingerprint density at radius 1 is 1.13 bits per heavy atom. The van der Waals surface area contributed by atoms with E-state index in [4.69, 9.17) is 9.47 Å². The molecule has 0 spiro atoms. The predicted molar refractivity (Wildman–Crippen MR) is 90.3 cm³/mol. The zero-order valence-electron chi connectivity index (χ0n) is 13.5. The van der Waals surface area contributed by atoms with E-state index in [1.165, 1.54) is 0 Å². The number of ether oxygens (including phenoxy) is 2. The summed E-state index contributed by atoms with van der Waals surface area (Å²) in [5, 5.41) is 7.83. The minimum absolute atomic E-state index is 0.730. The topological polar surface area (TPSA) is 60.7 Å². The van der Waals surface area contributed by atoms with Crippen LogP contribution in [0.15, 0.2) is 36.7 Å². The Labute approximate surface area is 135 Å². The third-order valence-corrected chi connectivity index (χ3v) is 3.66. The SMILES string of the molecule is CCCNc1ccnc2c(-c3ccc(OC)cc3OC)cnn12. The fraction of sp³-hybridized carbons (Fsp3) is 0.294. The van der Waals surface area contributed by atoms with Gasteiger partial charge in [0.2, 0.25) is 0 Å². The monoisotopic (exact) mass is 312 g/mol. The Bertz CT molecular complexity index is 813. The van der Waals surface area contributed by atoms with Crippen molar-refractivity contribution in [2.45, 2.75) is 13.3 Å². The van der Waals surface area contributed by atoms with Crippen molar-refractivity contribution in [2.24, 2.45) is 0 Å². The molecule has 0 radical (unpaired) electrons. The lowest BCUT2D eigenvalue weighted by Gasteiger charge is -2.10. The van der Waals surface area contributed by atoms with Crippen molar-refractivity contribution in [3.63, 3.8) is 0 Å². The highest BCUT2D eigenvalue weighted by Gasteiger charge is 2.15. The van der Waals surface area contributed by atoms with Gasteiger partial charge < -0.3 is 14.8 Å². The van der Waals surface area contributed by atoms with E-state index in [1.54, 1.807) is 20.4 Å². The molecule has 23 heavy (non-hydrogen) atoms. The number of hydrogen-bond acceptors (Lipinski definition) is 5. The highest BCUT2D eigenvalue weighted by atomic mass is 16.5. The first-order chi connectivity index (χ1) is 11.3. The van der Waals surface area contributed by atoms with Crippen molar-refractivity contribution in [1.82, 2.24) is 14.6 Å². The fourth-order valence-electron chi connectivity index (χ4n) is 2.49. The number of rotatable bonds is 6. The van der Waals surface area contributed by atoms with Crippen molar-refractivity contribution in [3.05, 3.63) is 36.7 Å². The maximum atomic E-state index is 5.50. The summed E-state index contributed by atoms with van der Waals surface area (Å²) < 4.78 is 12.6. The van der Waals surface area contributed by atoms with Gasteiger partial charge in [0.15, 0.2) is 5.65 Å². The molecular weight excluding hydrogens is 292 g/mol. The summed E-state index contributed by atoms with van der Waals surface area (Å²) in [6, 6.07) is 7.64. The molecule has 120 valence electrons. The highest BCUT2D eigenvalue weighted by molar-refractivity contribution is 5.82. The van der Waals surface area contributed by atoms with Gasteiger partial charge in [-0.15, -0.1) is 0 Å². The van der Waals surface area contributed by atoms with Gasteiger partial charge in [0.05, 0.1) is 26.0 Å². The van der Waals surface area contributed by atoms with Crippen LogP contribution in [0.5, 0.6) is 11.5 Å². The van der Waals surface area contributed by atoms with Crippen molar-refractivity contribution < 1.29 is 9.47 Å². The lowest BCUT2D eigenvalue weighted by molar-refractivity contribution is 0.395. The molecule has 0 amide bonds. The number of nitrogens with one attached hydrogen (secondary N) is 1. The maximum Gasteiger partial charge on any atom is 0.165 e. The van der Waals surface area contributed by atoms with Crippen LogP contribution in [-0.4, -0.2) is 35.4 Å². The fourth-order valence-corrected chi connectivity index (χ4v) is 2.49. The second-order valence-electron chi connectivity index (χ2n) is 5.12. The highest BCUT2D eigenvalue weighted by Crippen LogP contribution is 2.35. The van der Waals surface area contributed by atoms with Crippen LogP contribution in [0.1, 0.15) is 13.3 Å². The Hall–Kier alpha value is -2.76. The van der Waals surface area contributed by atoms with E-state index in [1.807, 2.05) is 35.0 Å². The second kappa shape index (κ2) is 6.56. The minimum atomic E-state index is 0.730. The van der Waals surface area contributed by atoms with E-state index >= 15 is 0 Å². The summed E-state index contributed by atoms with van der Waals surface area (Å²) in [6.07, 6.45) is 4.64. The molecule has 0 atom stereocenters. The number of benzene rings is 1. The number of anilines is 1. The average molecular weight is 312 g/mol. The molecule has 6 nitrogen and oxygen atoms in total. The lowest BCUT2D eigenvalue weighted by atomic mass is 10.1. The second-order valence-corrected chi connectivity index (χ2v) is 5.12. The molecule has 0 aliphatic carbocycles. The van der Waals surface area contributed by atoms with Crippen LogP contribution in [0, 0.1) is 0 Å². The third-order valence-electron chi connectivity index (χ3n) is 3.66. The molecule has 2 heterocycles. The molecule has 0 fully saturated rings. The first-order valence-corrected chi connectivity index (χ1v) is 7.57. The first kappa shape index (κ1) is 15.1. The van der Waals surface area contributed by atoms with Crippen LogP contribution in [0.25, 0.3) is 16.8 Å². The van der Waals surface area contributed by atoms with Crippen LogP contribution in [-0.2, 0) is 0 Å². The van der Waals surface area contributed by atoms with E-state index in [2.05, 4.69) is 22.3 Å². The lowest BCUT2D eigenvalue weighted by Crippen LogP contribution is -2.06. The molecule has 2 aromatic heterocycles. The Morgan fingerprint density at radius 3 is 2.74 bits per heavy atom. The molecule has 6 heteroatoms. The predicted octanol–water partition coefficient (Wildman–Crippen LogP) is 3.24. The number of fused-ring (bicyclic) bond motifs is 1. The van der Waals surface area contributed by atoms with Crippen LogP contribution in [0.3, 0.4) is 0 Å². The van der Waals surface area contributed by atoms with E-state index < -0.39 is 0 Å². The zero-order chi connectivity index (χ0) is 16.2. The van der Waals surface area contributed by atoms with Crippen molar-refractivity contribution in [3.8, 4) is 22.6 Å². The average Bonchev–Trinajstić information content (AvgIpc) is 3.03. The molecule has 0 unspecified atom stereocenters. The number of hydrogen-bond donors (Lipinski definition) is 1. The van der Waals surface area contributed by atoms with Gasteiger partial charge in [-0.2, -0.15) is 9.61 Å². The number of methoxy groups -OCH3 is 2. The van der Waals surface area contributed by atoms with Gasteiger partial charge in [0.25, 0.3) is 0 Å². The van der Waals surface area contributed by atoms with Crippen molar-refractivity contribution in [1.29, 1.82) is 0 Å². The molecule has 0 saturated heterocycles. The van der Waals surface area contributed by atoms with E-state index in [0.29, 0.717) is 0 Å². The van der Waals surface area contributed by atoms with Gasteiger partial charge in [-0.05, 0) is 24.6 Å². The largest absolute Gasteiger partial charge is 0.497 e. The summed E-state index contributed by atoms with van der Waals surface area (Å²) in [7, 11) is 3.28. The van der Waals surface area contributed by atoms with E-state index in [9.17, 15) is 0 Å². The molecule has 0 bridgehead atoms. The van der Waals surface area contributed by atoms with Crippen molar-refractivity contribution >= 4 is 11.5 Å². The van der Waals surface area contributed by atoms with Gasteiger partial charge in [0.1, 0.15) is 17.3 Å². The first-order valence-electron chi connectivity index (χ1n) is 7.57. The normalized spacial score (nSPS) is 10.7. The molecule has 3 rings (SSSR count). The molecule has 0 aliphatic rings. The standard InChI is InChI=1S/C17H20N4O2/c1-4-8-18-16-7-9-19-17-14(11-20-21(16)17)13-6-5-12(22-2)10-15(13)23-3/h5-7,9-11,18H,4,8H2,1-3H3. The molecular formula is C17H20N4O2. The van der Waals surface area contributed by atoms with Gasteiger partial charge in [-0.3, -0.25) is 0 Å². The Balaban J connectivity index is 2.11. The van der Waals surface area contributed by atoms with E-state index in [0.717, 1.165) is 47.1 Å². The summed E-state index contributed by atoms with van der Waals surface area (Å²) in [5.74, 6) is 2.41. The number of aromatic nitrogens is 3. The van der Waals surface area contributed by atoms with Gasteiger partial charge >= 0.3 is 0 Å². The molecule has 0 aliphatic heterocycles. The van der Waals surface area contributed by atoms with Gasteiger partial charge in [-0.25, -0.2) is 4.98 Å². The third kappa shape index (κ3) is 2.79. The van der Waals surface area contributed by atoms with E-state index in [-0.39, 0.29) is 0 Å². The maximum absolute atomic E-state index is 5.50. The molecule has 3 aromatic rings. The van der Waals surface area contributed by atoms with Gasteiger partial charge in [-0.1, -0.05) is 6.92 Å². The summed E-state index contributed by atoms with van der Waals surface area (Å²) in [6.45, 7) is 3.02.